The number of hydrogen-bond acceptors (Lipinski definition) is 1. The number of anilines is 1. The molecule has 0 aliphatic rings. The van der Waals surface area contributed by atoms with E-state index in [1.807, 2.05) is 0 Å². The van der Waals surface area contributed by atoms with Crippen molar-refractivity contribution in [3.8, 4) is 0 Å². The van der Waals surface area contributed by atoms with E-state index in [-0.39, 0.29) is 0 Å². The van der Waals surface area contributed by atoms with Crippen molar-refractivity contribution in [2.75, 3.05) is 5.73 Å². The highest BCUT2D eigenvalue weighted by atomic mass is 79.9. The summed E-state index contributed by atoms with van der Waals surface area (Å²) in [6.07, 6.45) is 0. The summed E-state index contributed by atoms with van der Waals surface area (Å²) in [4.78, 5) is 0. The Morgan fingerprint density at radius 3 is 2.42 bits per heavy atom. The van der Waals surface area contributed by atoms with Gasteiger partial charge in [-0.3, -0.25) is 0 Å². The van der Waals surface area contributed by atoms with Crippen molar-refractivity contribution in [2.24, 2.45) is 0 Å². The first-order valence-electron chi connectivity index (χ1n) is 3.65. The summed E-state index contributed by atoms with van der Waals surface area (Å²) in [5.41, 5.74) is 5.45. The van der Waals surface area contributed by atoms with Gasteiger partial charge in [-0.1, -0.05) is 6.07 Å². The summed E-state index contributed by atoms with van der Waals surface area (Å²) < 4.78 is 14.2. The quantitative estimate of drug-likeness (QED) is 0.739. The average Bonchev–Trinajstić information content (AvgIpc) is 1.92. The van der Waals surface area contributed by atoms with Gasteiger partial charge < -0.3 is 5.73 Å². The highest BCUT2D eigenvalue weighted by Gasteiger charge is 2.18. The zero-order valence-corrected chi connectivity index (χ0v) is 8.65. The fourth-order valence-electron chi connectivity index (χ4n) is 0.914. The van der Waals surface area contributed by atoms with Crippen LogP contribution in [-0.2, 0) is 5.67 Å². The maximum atomic E-state index is 13.4. The van der Waals surface area contributed by atoms with E-state index in [4.69, 9.17) is 5.73 Å². The third kappa shape index (κ3) is 1.97. The Balaban J connectivity index is 3.14. The van der Waals surface area contributed by atoms with E-state index >= 15 is 0 Å². The van der Waals surface area contributed by atoms with Gasteiger partial charge in [0.25, 0.3) is 0 Å². The summed E-state index contributed by atoms with van der Waals surface area (Å²) in [6, 6.07) is 5.12. The second-order valence-electron chi connectivity index (χ2n) is 3.21. The molecule has 2 N–H and O–H groups in total. The fraction of sp³-hybridized carbons (Fsp3) is 0.333. The molecule has 1 aromatic carbocycles. The first-order chi connectivity index (χ1) is 5.41. The number of alkyl halides is 1. The number of nitrogens with two attached hydrogens (primary N) is 1. The van der Waals surface area contributed by atoms with Crippen LogP contribution < -0.4 is 5.73 Å². The van der Waals surface area contributed by atoms with Crippen molar-refractivity contribution in [1.82, 2.24) is 0 Å². The van der Waals surface area contributed by atoms with Gasteiger partial charge in [0, 0.05) is 10.2 Å². The molecule has 0 heterocycles. The summed E-state index contributed by atoms with van der Waals surface area (Å²) in [5.74, 6) is 0. The molecule has 0 bridgehead atoms. The normalized spacial score (nSPS) is 11.7. The zero-order chi connectivity index (χ0) is 9.35. The van der Waals surface area contributed by atoms with Gasteiger partial charge in [-0.05, 0) is 47.5 Å². The highest BCUT2D eigenvalue weighted by Crippen LogP contribution is 2.29. The Morgan fingerprint density at radius 1 is 1.42 bits per heavy atom. The third-order valence-corrected chi connectivity index (χ3v) is 2.40. The summed E-state index contributed by atoms with van der Waals surface area (Å²) >= 11 is 3.25. The fourth-order valence-corrected chi connectivity index (χ4v) is 1.16. The number of rotatable bonds is 1. The van der Waals surface area contributed by atoms with Gasteiger partial charge in [-0.2, -0.15) is 0 Å². The summed E-state index contributed by atoms with van der Waals surface area (Å²) in [5, 5.41) is 0. The van der Waals surface area contributed by atoms with Gasteiger partial charge in [0.2, 0.25) is 0 Å². The van der Waals surface area contributed by atoms with Crippen molar-refractivity contribution in [3.63, 3.8) is 0 Å². The van der Waals surface area contributed by atoms with Crippen molar-refractivity contribution in [1.29, 1.82) is 0 Å². The van der Waals surface area contributed by atoms with Crippen LogP contribution in [0.25, 0.3) is 0 Å². The first kappa shape index (κ1) is 9.52. The topological polar surface area (TPSA) is 26.0 Å². The predicted molar refractivity (Wildman–Crippen MR) is 52.7 cm³/mol. The standard InChI is InChI=1S/C9H11BrFN/c1-9(2,11)6-3-4-7(10)8(12)5-6/h3-5H,12H2,1-2H3. The lowest BCUT2D eigenvalue weighted by Crippen LogP contribution is -2.09. The van der Waals surface area contributed by atoms with Gasteiger partial charge in [0.15, 0.2) is 0 Å². The van der Waals surface area contributed by atoms with Crippen molar-refractivity contribution >= 4 is 21.6 Å². The van der Waals surface area contributed by atoms with Crippen LogP contribution in [0.1, 0.15) is 19.4 Å². The van der Waals surface area contributed by atoms with Gasteiger partial charge in [0.1, 0.15) is 5.67 Å². The smallest absolute Gasteiger partial charge is 0.130 e. The molecule has 0 spiro atoms. The van der Waals surface area contributed by atoms with Gasteiger partial charge in [-0.25, -0.2) is 4.39 Å². The Kier molecular flexibility index (Phi) is 2.42. The lowest BCUT2D eigenvalue weighted by molar-refractivity contribution is 0.221. The molecule has 66 valence electrons. The Morgan fingerprint density at radius 2 is 2.00 bits per heavy atom. The molecule has 0 saturated heterocycles. The molecule has 12 heavy (non-hydrogen) atoms. The predicted octanol–water partition coefficient (Wildman–Crippen LogP) is 3.24. The summed E-state index contributed by atoms with van der Waals surface area (Å²) in [7, 11) is 0. The summed E-state index contributed by atoms with van der Waals surface area (Å²) in [6.45, 7) is 3.02. The van der Waals surface area contributed by atoms with E-state index in [2.05, 4.69) is 15.9 Å². The van der Waals surface area contributed by atoms with Gasteiger partial charge in [-0.15, -0.1) is 0 Å². The number of benzene rings is 1. The van der Waals surface area contributed by atoms with E-state index in [9.17, 15) is 4.39 Å². The molecule has 3 heteroatoms. The zero-order valence-electron chi connectivity index (χ0n) is 7.07. The van der Waals surface area contributed by atoms with Crippen LogP contribution in [-0.4, -0.2) is 0 Å². The molecular weight excluding hydrogens is 221 g/mol. The molecule has 0 aliphatic carbocycles. The molecule has 0 aliphatic heterocycles. The third-order valence-electron chi connectivity index (χ3n) is 1.68. The molecule has 1 rings (SSSR count). The molecule has 0 aromatic heterocycles. The van der Waals surface area contributed by atoms with Crippen LogP contribution in [0.2, 0.25) is 0 Å². The van der Waals surface area contributed by atoms with Crippen LogP contribution in [0, 0.1) is 0 Å². The van der Waals surface area contributed by atoms with E-state index in [1.54, 1.807) is 18.2 Å². The van der Waals surface area contributed by atoms with E-state index in [0.717, 1.165) is 4.47 Å². The molecule has 1 nitrogen and oxygen atoms in total. The minimum Gasteiger partial charge on any atom is -0.398 e. The Labute approximate surface area is 79.9 Å². The average molecular weight is 232 g/mol. The molecular formula is C9H11BrFN. The number of nitrogen functional groups attached to an aromatic ring is 1. The largest absolute Gasteiger partial charge is 0.398 e. The van der Waals surface area contributed by atoms with Crippen LogP contribution in [0.3, 0.4) is 0 Å². The minimum absolute atomic E-state index is 0.568. The second kappa shape index (κ2) is 3.05. The molecule has 0 saturated carbocycles. The van der Waals surface area contributed by atoms with Gasteiger partial charge >= 0.3 is 0 Å². The van der Waals surface area contributed by atoms with Crippen molar-refractivity contribution < 1.29 is 4.39 Å². The molecule has 0 amide bonds. The number of halogens is 2. The van der Waals surface area contributed by atoms with Crippen molar-refractivity contribution in [2.45, 2.75) is 19.5 Å². The van der Waals surface area contributed by atoms with Crippen LogP contribution in [0.15, 0.2) is 22.7 Å². The van der Waals surface area contributed by atoms with Crippen LogP contribution in [0.4, 0.5) is 10.1 Å². The first-order valence-corrected chi connectivity index (χ1v) is 4.45. The van der Waals surface area contributed by atoms with Gasteiger partial charge in [0.05, 0.1) is 0 Å². The van der Waals surface area contributed by atoms with Crippen LogP contribution >= 0.6 is 15.9 Å². The monoisotopic (exact) mass is 231 g/mol. The Hall–Kier alpha value is -0.570. The lowest BCUT2D eigenvalue weighted by atomic mass is 10.00. The molecule has 0 unspecified atom stereocenters. The maximum absolute atomic E-state index is 13.4. The molecule has 0 fully saturated rings. The maximum Gasteiger partial charge on any atom is 0.130 e. The minimum atomic E-state index is -1.32. The lowest BCUT2D eigenvalue weighted by Gasteiger charge is -2.15. The Bertz CT molecular complexity index is 291. The van der Waals surface area contributed by atoms with Crippen LogP contribution in [0.5, 0.6) is 0 Å². The van der Waals surface area contributed by atoms with E-state index in [1.165, 1.54) is 13.8 Å². The number of hydrogen-bond donors (Lipinski definition) is 1. The SMILES string of the molecule is CC(C)(F)c1ccc(Br)c(N)c1. The molecule has 0 atom stereocenters. The van der Waals surface area contributed by atoms with Crippen molar-refractivity contribution in [3.05, 3.63) is 28.2 Å². The highest BCUT2D eigenvalue weighted by molar-refractivity contribution is 9.10. The second-order valence-corrected chi connectivity index (χ2v) is 4.06. The van der Waals surface area contributed by atoms with E-state index < -0.39 is 5.67 Å². The van der Waals surface area contributed by atoms with E-state index in [0.29, 0.717) is 11.3 Å². The molecule has 1 aromatic rings. The molecule has 0 radical (unpaired) electrons.